The average Bonchev–Trinajstić information content (AvgIpc) is 2.83. The molecule has 0 aliphatic rings. The highest BCUT2D eigenvalue weighted by atomic mass is 79.9. The summed E-state index contributed by atoms with van der Waals surface area (Å²) < 4.78 is 6.34. The summed E-state index contributed by atoms with van der Waals surface area (Å²) in [6.45, 7) is 5.91. The summed E-state index contributed by atoms with van der Waals surface area (Å²) in [5.41, 5.74) is 7.57. The molecule has 5 heteroatoms. The molecule has 1 unspecified atom stereocenters. The van der Waals surface area contributed by atoms with Crippen molar-refractivity contribution in [2.45, 2.75) is 32.7 Å². The third-order valence-corrected chi connectivity index (χ3v) is 3.97. The minimum absolute atomic E-state index is 0.505. The van der Waals surface area contributed by atoms with Crippen LogP contribution >= 0.6 is 15.9 Å². The van der Waals surface area contributed by atoms with Crippen LogP contribution in [-0.4, -0.2) is 10.1 Å². The van der Waals surface area contributed by atoms with E-state index in [2.05, 4.69) is 26.1 Å². The van der Waals surface area contributed by atoms with Crippen molar-refractivity contribution in [1.29, 1.82) is 0 Å². The maximum absolute atomic E-state index is 6.09. The van der Waals surface area contributed by atoms with Crippen LogP contribution in [-0.2, 0) is 5.54 Å². The molecule has 2 N–H and O–H groups in total. The molecule has 18 heavy (non-hydrogen) atoms. The quantitative estimate of drug-likeness (QED) is 0.943. The highest BCUT2D eigenvalue weighted by Crippen LogP contribution is 2.26. The molecule has 0 bridgehead atoms. The lowest BCUT2D eigenvalue weighted by Gasteiger charge is -2.16. The van der Waals surface area contributed by atoms with Gasteiger partial charge < -0.3 is 10.3 Å². The first-order valence-corrected chi connectivity index (χ1v) is 6.63. The Kier molecular flexibility index (Phi) is 3.54. The molecule has 1 atom stereocenters. The van der Waals surface area contributed by atoms with Gasteiger partial charge in [-0.25, -0.2) is 0 Å². The van der Waals surface area contributed by atoms with Crippen molar-refractivity contribution < 1.29 is 4.52 Å². The SMILES string of the molecule is CCC(C)(N)c1noc(-c2ccc(Br)c(C)c2)n1. The van der Waals surface area contributed by atoms with E-state index >= 15 is 0 Å². The van der Waals surface area contributed by atoms with E-state index in [1.54, 1.807) is 0 Å². The highest BCUT2D eigenvalue weighted by molar-refractivity contribution is 9.10. The molecule has 0 saturated heterocycles. The van der Waals surface area contributed by atoms with E-state index < -0.39 is 5.54 Å². The molecule has 4 nitrogen and oxygen atoms in total. The standard InChI is InChI=1S/C13H16BrN3O/c1-4-13(3,15)12-16-11(18-17-12)9-5-6-10(14)8(2)7-9/h5-7H,4,15H2,1-3H3. The van der Waals surface area contributed by atoms with Crippen molar-refractivity contribution in [3.05, 3.63) is 34.1 Å². The van der Waals surface area contributed by atoms with Gasteiger partial charge in [0, 0.05) is 10.0 Å². The number of benzene rings is 1. The molecule has 0 radical (unpaired) electrons. The molecule has 0 saturated carbocycles. The Morgan fingerprint density at radius 1 is 1.44 bits per heavy atom. The van der Waals surface area contributed by atoms with E-state index in [1.807, 2.05) is 39.0 Å². The molecule has 1 aromatic heterocycles. The number of aryl methyl sites for hydroxylation is 1. The number of hydrogen-bond donors (Lipinski definition) is 1. The van der Waals surface area contributed by atoms with Gasteiger partial charge in [-0.3, -0.25) is 0 Å². The van der Waals surface area contributed by atoms with Crippen LogP contribution in [0.25, 0.3) is 11.5 Å². The topological polar surface area (TPSA) is 64.9 Å². The summed E-state index contributed by atoms with van der Waals surface area (Å²) >= 11 is 3.46. The van der Waals surface area contributed by atoms with Gasteiger partial charge in [-0.2, -0.15) is 4.98 Å². The number of nitrogens with zero attached hydrogens (tertiary/aromatic N) is 2. The van der Waals surface area contributed by atoms with Crippen LogP contribution in [0.4, 0.5) is 0 Å². The van der Waals surface area contributed by atoms with E-state index in [-0.39, 0.29) is 0 Å². The van der Waals surface area contributed by atoms with Crippen LogP contribution in [0.3, 0.4) is 0 Å². The van der Waals surface area contributed by atoms with Crippen LogP contribution in [0.1, 0.15) is 31.7 Å². The molecule has 1 aromatic carbocycles. The van der Waals surface area contributed by atoms with Gasteiger partial charge in [0.1, 0.15) is 0 Å². The molecule has 0 aliphatic carbocycles. The molecule has 2 rings (SSSR count). The van der Waals surface area contributed by atoms with Gasteiger partial charge in [0.2, 0.25) is 0 Å². The summed E-state index contributed by atoms with van der Waals surface area (Å²) in [4.78, 5) is 4.38. The fourth-order valence-electron chi connectivity index (χ4n) is 1.51. The average molecular weight is 310 g/mol. The highest BCUT2D eigenvalue weighted by Gasteiger charge is 2.25. The lowest BCUT2D eigenvalue weighted by Crippen LogP contribution is -2.33. The molecule has 0 spiro atoms. The molecule has 0 amide bonds. The number of aromatic nitrogens is 2. The second-order valence-electron chi connectivity index (χ2n) is 4.66. The van der Waals surface area contributed by atoms with Crippen molar-refractivity contribution in [1.82, 2.24) is 10.1 Å². The van der Waals surface area contributed by atoms with Gasteiger partial charge in [-0.1, -0.05) is 28.0 Å². The van der Waals surface area contributed by atoms with Crippen molar-refractivity contribution in [2.75, 3.05) is 0 Å². The largest absolute Gasteiger partial charge is 0.334 e. The monoisotopic (exact) mass is 309 g/mol. The Bertz CT molecular complexity index is 563. The molecule has 0 fully saturated rings. The van der Waals surface area contributed by atoms with Crippen LogP contribution < -0.4 is 5.73 Å². The minimum Gasteiger partial charge on any atom is -0.334 e. The second kappa shape index (κ2) is 4.82. The first-order chi connectivity index (χ1) is 8.44. The lowest BCUT2D eigenvalue weighted by molar-refractivity contribution is 0.379. The zero-order valence-electron chi connectivity index (χ0n) is 10.7. The van der Waals surface area contributed by atoms with Gasteiger partial charge in [0.15, 0.2) is 5.82 Å². The van der Waals surface area contributed by atoms with E-state index in [1.165, 1.54) is 0 Å². The zero-order valence-corrected chi connectivity index (χ0v) is 12.3. The predicted octanol–water partition coefficient (Wildman–Crippen LogP) is 3.39. The molecule has 0 aliphatic heterocycles. The lowest BCUT2D eigenvalue weighted by atomic mass is 10.00. The summed E-state index contributed by atoms with van der Waals surface area (Å²) in [5.74, 6) is 1.05. The molecule has 96 valence electrons. The maximum Gasteiger partial charge on any atom is 0.258 e. The van der Waals surface area contributed by atoms with Crippen molar-refractivity contribution in [2.24, 2.45) is 5.73 Å². The first kappa shape index (κ1) is 13.2. The van der Waals surface area contributed by atoms with Crippen LogP contribution in [0.2, 0.25) is 0 Å². The Morgan fingerprint density at radius 2 is 2.17 bits per heavy atom. The number of nitrogens with two attached hydrogens (primary N) is 1. The van der Waals surface area contributed by atoms with Gasteiger partial charge in [0.25, 0.3) is 5.89 Å². The minimum atomic E-state index is -0.549. The van der Waals surface area contributed by atoms with Gasteiger partial charge in [0.05, 0.1) is 5.54 Å². The normalized spacial score (nSPS) is 14.5. The first-order valence-electron chi connectivity index (χ1n) is 5.83. The van der Waals surface area contributed by atoms with E-state index in [4.69, 9.17) is 10.3 Å². The van der Waals surface area contributed by atoms with E-state index in [0.717, 1.165) is 22.0 Å². The third kappa shape index (κ3) is 2.47. The third-order valence-electron chi connectivity index (χ3n) is 3.08. The van der Waals surface area contributed by atoms with E-state index in [0.29, 0.717) is 11.7 Å². The molecular formula is C13H16BrN3O. The Balaban J connectivity index is 2.38. The van der Waals surface area contributed by atoms with Crippen LogP contribution in [0.15, 0.2) is 27.2 Å². The van der Waals surface area contributed by atoms with Gasteiger partial charge in [-0.05, 0) is 44.0 Å². The van der Waals surface area contributed by atoms with Crippen molar-refractivity contribution in [3.8, 4) is 11.5 Å². The summed E-state index contributed by atoms with van der Waals surface area (Å²) in [6.07, 6.45) is 0.755. The van der Waals surface area contributed by atoms with Gasteiger partial charge >= 0.3 is 0 Å². The smallest absolute Gasteiger partial charge is 0.258 e. The molecular weight excluding hydrogens is 294 g/mol. The fraction of sp³-hybridized carbons (Fsp3) is 0.385. The summed E-state index contributed by atoms with van der Waals surface area (Å²) in [5, 5.41) is 3.96. The Labute approximate surface area is 115 Å². The van der Waals surface area contributed by atoms with Gasteiger partial charge in [-0.15, -0.1) is 0 Å². The maximum atomic E-state index is 6.09. The predicted molar refractivity (Wildman–Crippen MR) is 74.0 cm³/mol. The fourth-order valence-corrected chi connectivity index (χ4v) is 1.76. The Hall–Kier alpha value is -1.20. The zero-order chi connectivity index (χ0) is 13.3. The number of hydrogen-bond acceptors (Lipinski definition) is 4. The van der Waals surface area contributed by atoms with Crippen LogP contribution in [0.5, 0.6) is 0 Å². The van der Waals surface area contributed by atoms with Crippen LogP contribution in [0, 0.1) is 6.92 Å². The Morgan fingerprint density at radius 3 is 2.78 bits per heavy atom. The summed E-state index contributed by atoms with van der Waals surface area (Å²) in [7, 11) is 0. The molecule has 2 aromatic rings. The van der Waals surface area contributed by atoms with Crippen molar-refractivity contribution in [3.63, 3.8) is 0 Å². The number of halogens is 1. The van der Waals surface area contributed by atoms with E-state index in [9.17, 15) is 0 Å². The number of rotatable bonds is 3. The summed E-state index contributed by atoms with van der Waals surface area (Å²) in [6, 6.07) is 5.91. The second-order valence-corrected chi connectivity index (χ2v) is 5.51. The molecule has 1 heterocycles. The van der Waals surface area contributed by atoms with Crippen molar-refractivity contribution >= 4 is 15.9 Å².